The van der Waals surface area contributed by atoms with Crippen molar-refractivity contribution < 1.29 is 19.1 Å². The fraction of sp³-hybridized carbons (Fsp3) is 0.421. The van der Waals surface area contributed by atoms with E-state index in [9.17, 15) is 9.59 Å². The first kappa shape index (κ1) is 18.9. The summed E-state index contributed by atoms with van der Waals surface area (Å²) in [5.74, 6) is -0.507. The quantitative estimate of drug-likeness (QED) is 0.722. The van der Waals surface area contributed by atoms with E-state index in [1.54, 1.807) is 12.0 Å². The van der Waals surface area contributed by atoms with E-state index < -0.39 is 0 Å². The van der Waals surface area contributed by atoms with Crippen molar-refractivity contribution in [2.24, 2.45) is 0 Å². The van der Waals surface area contributed by atoms with Crippen LogP contribution in [0.15, 0.2) is 24.3 Å². The van der Waals surface area contributed by atoms with Gasteiger partial charge in [0.05, 0.1) is 36.9 Å². The van der Waals surface area contributed by atoms with Crippen LogP contribution in [-0.2, 0) is 14.3 Å². The predicted molar refractivity (Wildman–Crippen MR) is 95.6 cm³/mol. The molecule has 0 bridgehead atoms. The molecule has 6 heteroatoms. The third-order valence-corrected chi connectivity index (χ3v) is 4.06. The van der Waals surface area contributed by atoms with Gasteiger partial charge in [0, 0.05) is 25.6 Å². The second-order valence-corrected chi connectivity index (χ2v) is 5.93. The molecule has 1 aromatic carbocycles. The van der Waals surface area contributed by atoms with Gasteiger partial charge in [-0.3, -0.25) is 14.6 Å². The minimum atomic E-state index is -0.348. The van der Waals surface area contributed by atoms with Crippen LogP contribution in [0.1, 0.15) is 28.0 Å². The smallest absolute Gasteiger partial charge is 0.307 e. The Morgan fingerprint density at radius 3 is 2.56 bits per heavy atom. The van der Waals surface area contributed by atoms with Crippen LogP contribution in [0.5, 0.6) is 0 Å². The van der Waals surface area contributed by atoms with Gasteiger partial charge < -0.3 is 14.4 Å². The Labute approximate surface area is 147 Å². The van der Waals surface area contributed by atoms with Gasteiger partial charge in [0.2, 0.25) is 0 Å². The molecule has 0 aliphatic heterocycles. The molecule has 1 heterocycles. The first-order chi connectivity index (χ1) is 12.0. The van der Waals surface area contributed by atoms with Crippen LogP contribution in [0, 0.1) is 13.8 Å². The third kappa shape index (κ3) is 4.76. The summed E-state index contributed by atoms with van der Waals surface area (Å²) in [5.41, 5.74) is 3.20. The molecule has 0 saturated heterocycles. The molecule has 2 aromatic rings. The molecule has 0 aliphatic carbocycles. The number of benzene rings is 1. The van der Waals surface area contributed by atoms with Crippen molar-refractivity contribution in [2.45, 2.75) is 20.3 Å². The number of esters is 1. The number of ether oxygens (including phenoxy) is 2. The van der Waals surface area contributed by atoms with E-state index in [0.717, 1.165) is 16.5 Å². The van der Waals surface area contributed by atoms with Crippen molar-refractivity contribution >= 4 is 22.8 Å². The first-order valence-corrected chi connectivity index (χ1v) is 8.19. The second kappa shape index (κ2) is 8.58. The fourth-order valence-electron chi connectivity index (χ4n) is 2.60. The van der Waals surface area contributed by atoms with E-state index in [1.807, 2.05) is 38.1 Å². The lowest BCUT2D eigenvalue weighted by Gasteiger charge is -2.23. The van der Waals surface area contributed by atoms with Crippen LogP contribution < -0.4 is 0 Å². The van der Waals surface area contributed by atoms with Gasteiger partial charge in [-0.2, -0.15) is 0 Å². The maximum Gasteiger partial charge on any atom is 0.307 e. The molecule has 25 heavy (non-hydrogen) atoms. The summed E-state index contributed by atoms with van der Waals surface area (Å²) in [4.78, 5) is 30.5. The van der Waals surface area contributed by atoms with E-state index in [4.69, 9.17) is 4.74 Å². The van der Waals surface area contributed by atoms with Gasteiger partial charge in [-0.15, -0.1) is 0 Å². The minimum absolute atomic E-state index is 0.144. The van der Waals surface area contributed by atoms with Crippen LogP contribution in [0.25, 0.3) is 10.9 Å². The maximum atomic E-state index is 13.0. The molecule has 0 atom stereocenters. The lowest BCUT2D eigenvalue weighted by Crippen LogP contribution is -2.36. The molecule has 0 fully saturated rings. The number of hydrogen-bond donors (Lipinski definition) is 0. The normalized spacial score (nSPS) is 10.7. The number of hydrogen-bond acceptors (Lipinski definition) is 5. The van der Waals surface area contributed by atoms with E-state index >= 15 is 0 Å². The molecule has 0 aliphatic rings. The van der Waals surface area contributed by atoms with Gasteiger partial charge in [-0.05, 0) is 31.5 Å². The second-order valence-electron chi connectivity index (χ2n) is 5.93. The van der Waals surface area contributed by atoms with Crippen molar-refractivity contribution in [1.29, 1.82) is 0 Å². The summed E-state index contributed by atoms with van der Waals surface area (Å²) in [6.07, 6.45) is 0.144. The van der Waals surface area contributed by atoms with Gasteiger partial charge in [0.15, 0.2) is 0 Å². The Balaban J connectivity index is 2.30. The molecule has 2 rings (SSSR count). The zero-order chi connectivity index (χ0) is 18.4. The molecular weight excluding hydrogens is 320 g/mol. The summed E-state index contributed by atoms with van der Waals surface area (Å²) in [6, 6.07) is 7.81. The van der Waals surface area contributed by atoms with E-state index in [-0.39, 0.29) is 24.8 Å². The fourth-order valence-corrected chi connectivity index (χ4v) is 2.60. The molecule has 0 N–H and O–H groups in total. The molecule has 0 unspecified atom stereocenters. The van der Waals surface area contributed by atoms with Crippen molar-refractivity contribution in [2.75, 3.05) is 33.9 Å². The topological polar surface area (TPSA) is 68.7 Å². The van der Waals surface area contributed by atoms with Crippen LogP contribution in [0.3, 0.4) is 0 Å². The highest BCUT2D eigenvalue weighted by Crippen LogP contribution is 2.19. The number of nitrogens with zero attached hydrogens (tertiary/aromatic N) is 2. The van der Waals surface area contributed by atoms with Crippen LogP contribution in [-0.4, -0.2) is 55.7 Å². The van der Waals surface area contributed by atoms with Crippen LogP contribution in [0.4, 0.5) is 0 Å². The highest BCUT2D eigenvalue weighted by molar-refractivity contribution is 5.98. The lowest BCUT2D eigenvalue weighted by atomic mass is 10.1. The van der Waals surface area contributed by atoms with E-state index in [1.165, 1.54) is 7.11 Å². The standard InChI is InChI=1S/C19H24N2O4/c1-13-5-6-15-12-16(14(2)20-17(15)11-13)19(23)21(9-10-24-3)8-7-18(22)25-4/h5-6,11-12H,7-10H2,1-4H3. The summed E-state index contributed by atoms with van der Waals surface area (Å²) < 4.78 is 9.74. The highest BCUT2D eigenvalue weighted by Gasteiger charge is 2.20. The molecule has 1 aromatic heterocycles. The molecule has 1 amide bonds. The average Bonchev–Trinajstić information content (AvgIpc) is 2.60. The van der Waals surface area contributed by atoms with Gasteiger partial charge in [0.1, 0.15) is 0 Å². The summed E-state index contributed by atoms with van der Waals surface area (Å²) in [6.45, 7) is 4.91. The number of carbonyl (C=O) groups is 2. The zero-order valence-electron chi connectivity index (χ0n) is 15.2. The Bertz CT molecular complexity index is 773. The predicted octanol–water partition coefficient (Wildman–Crippen LogP) is 2.50. The van der Waals surface area contributed by atoms with Crippen molar-refractivity contribution in [1.82, 2.24) is 9.88 Å². The van der Waals surface area contributed by atoms with Gasteiger partial charge in [-0.1, -0.05) is 12.1 Å². The molecule has 0 radical (unpaired) electrons. The van der Waals surface area contributed by atoms with Crippen molar-refractivity contribution in [3.8, 4) is 0 Å². The Kier molecular flexibility index (Phi) is 6.47. The Morgan fingerprint density at radius 2 is 1.88 bits per heavy atom. The number of rotatable bonds is 7. The number of aryl methyl sites for hydroxylation is 2. The van der Waals surface area contributed by atoms with Crippen LogP contribution >= 0.6 is 0 Å². The summed E-state index contributed by atoms with van der Waals surface area (Å²) in [5, 5.41) is 0.916. The Hall–Kier alpha value is -2.47. The molecule has 6 nitrogen and oxygen atoms in total. The number of methoxy groups -OCH3 is 2. The monoisotopic (exact) mass is 344 g/mol. The number of amides is 1. The molecular formula is C19H24N2O4. The van der Waals surface area contributed by atoms with E-state index in [0.29, 0.717) is 24.4 Å². The summed E-state index contributed by atoms with van der Waals surface area (Å²) in [7, 11) is 2.91. The molecule has 0 spiro atoms. The zero-order valence-corrected chi connectivity index (χ0v) is 15.2. The summed E-state index contributed by atoms with van der Waals surface area (Å²) >= 11 is 0. The number of fused-ring (bicyclic) bond motifs is 1. The SMILES string of the molecule is COCCN(CCC(=O)OC)C(=O)c1cc2ccc(C)cc2nc1C. The third-order valence-electron chi connectivity index (χ3n) is 4.06. The first-order valence-electron chi connectivity index (χ1n) is 8.19. The number of pyridine rings is 1. The van der Waals surface area contributed by atoms with Crippen molar-refractivity contribution in [3.63, 3.8) is 0 Å². The molecule has 0 saturated carbocycles. The number of aromatic nitrogens is 1. The van der Waals surface area contributed by atoms with Crippen LogP contribution in [0.2, 0.25) is 0 Å². The lowest BCUT2D eigenvalue weighted by molar-refractivity contribution is -0.140. The van der Waals surface area contributed by atoms with E-state index in [2.05, 4.69) is 9.72 Å². The largest absolute Gasteiger partial charge is 0.469 e. The van der Waals surface area contributed by atoms with Gasteiger partial charge in [-0.25, -0.2) is 0 Å². The Morgan fingerprint density at radius 1 is 1.12 bits per heavy atom. The number of carbonyl (C=O) groups excluding carboxylic acids is 2. The highest BCUT2D eigenvalue weighted by atomic mass is 16.5. The van der Waals surface area contributed by atoms with Gasteiger partial charge in [0.25, 0.3) is 5.91 Å². The van der Waals surface area contributed by atoms with Gasteiger partial charge >= 0.3 is 5.97 Å². The van der Waals surface area contributed by atoms with Crippen molar-refractivity contribution in [3.05, 3.63) is 41.1 Å². The molecule has 134 valence electrons. The maximum absolute atomic E-state index is 13.0. The average molecular weight is 344 g/mol. The minimum Gasteiger partial charge on any atom is -0.469 e.